The SMILES string of the molecule is CC1CC1(CNC(=O)CCCOc1ccc(C(C)(C)C)cc1)c1ccc(F)cc1F. The van der Waals surface area contributed by atoms with Crippen LogP contribution in [0, 0.1) is 17.6 Å². The Bertz CT molecular complexity index is 889. The van der Waals surface area contributed by atoms with E-state index >= 15 is 0 Å². The van der Waals surface area contributed by atoms with Crippen molar-refractivity contribution in [1.29, 1.82) is 0 Å². The molecular weight excluding hydrogens is 384 g/mol. The van der Waals surface area contributed by atoms with Crippen LogP contribution in [0.25, 0.3) is 0 Å². The summed E-state index contributed by atoms with van der Waals surface area (Å²) in [7, 11) is 0. The summed E-state index contributed by atoms with van der Waals surface area (Å²) in [4.78, 5) is 12.2. The van der Waals surface area contributed by atoms with E-state index in [2.05, 4.69) is 38.2 Å². The average molecular weight is 416 g/mol. The molecule has 2 aromatic rings. The maximum absolute atomic E-state index is 14.2. The van der Waals surface area contributed by atoms with Crippen molar-refractivity contribution in [2.45, 2.75) is 57.8 Å². The molecule has 1 N–H and O–H groups in total. The van der Waals surface area contributed by atoms with Gasteiger partial charge in [-0.25, -0.2) is 8.78 Å². The first kappa shape index (κ1) is 22.3. The lowest BCUT2D eigenvalue weighted by Gasteiger charge is -2.19. The number of carbonyl (C=O) groups is 1. The quantitative estimate of drug-likeness (QED) is 0.577. The zero-order valence-electron chi connectivity index (χ0n) is 18.2. The van der Waals surface area contributed by atoms with E-state index in [1.807, 2.05) is 19.1 Å². The van der Waals surface area contributed by atoms with E-state index in [1.54, 1.807) is 0 Å². The standard InChI is InChI=1S/C25H31F2NO2/c1-17-15-25(17,21-12-9-19(26)14-22(21)27)16-28-23(29)6-5-13-30-20-10-7-18(8-11-20)24(2,3)4/h7-12,14,17H,5-6,13,15-16H2,1-4H3,(H,28,29). The molecule has 0 heterocycles. The number of ether oxygens (including phenoxy) is 1. The first-order chi connectivity index (χ1) is 14.1. The van der Waals surface area contributed by atoms with Gasteiger partial charge in [0.05, 0.1) is 6.61 Å². The molecule has 1 aliphatic rings. The largest absolute Gasteiger partial charge is 0.494 e. The van der Waals surface area contributed by atoms with Crippen molar-refractivity contribution in [2.75, 3.05) is 13.2 Å². The Morgan fingerprint density at radius 1 is 1.17 bits per heavy atom. The highest BCUT2D eigenvalue weighted by molar-refractivity contribution is 5.76. The van der Waals surface area contributed by atoms with Crippen molar-refractivity contribution in [1.82, 2.24) is 5.32 Å². The third-order valence-corrected chi connectivity index (χ3v) is 6.06. The van der Waals surface area contributed by atoms with Crippen molar-refractivity contribution in [2.24, 2.45) is 5.92 Å². The van der Waals surface area contributed by atoms with Gasteiger partial charge in [0.1, 0.15) is 17.4 Å². The average Bonchev–Trinajstić information content (AvgIpc) is 3.33. The summed E-state index contributed by atoms with van der Waals surface area (Å²) >= 11 is 0. The Hall–Kier alpha value is -2.43. The van der Waals surface area contributed by atoms with Crippen LogP contribution in [0.5, 0.6) is 5.75 Å². The van der Waals surface area contributed by atoms with Crippen molar-refractivity contribution >= 4 is 5.91 Å². The van der Waals surface area contributed by atoms with Gasteiger partial charge < -0.3 is 10.1 Å². The molecule has 0 aromatic heterocycles. The van der Waals surface area contributed by atoms with Gasteiger partial charge in [-0.3, -0.25) is 4.79 Å². The molecular formula is C25H31F2NO2. The third-order valence-electron chi connectivity index (χ3n) is 6.06. The van der Waals surface area contributed by atoms with Gasteiger partial charge in [0.15, 0.2) is 0 Å². The van der Waals surface area contributed by atoms with Gasteiger partial charge in [-0.15, -0.1) is 0 Å². The molecule has 5 heteroatoms. The number of rotatable bonds is 8. The first-order valence-electron chi connectivity index (χ1n) is 10.6. The fraction of sp³-hybridized carbons (Fsp3) is 0.480. The van der Waals surface area contributed by atoms with E-state index in [0.717, 1.165) is 18.2 Å². The van der Waals surface area contributed by atoms with Crippen molar-refractivity contribution < 1.29 is 18.3 Å². The van der Waals surface area contributed by atoms with Crippen LogP contribution in [0.3, 0.4) is 0 Å². The van der Waals surface area contributed by atoms with Crippen LogP contribution >= 0.6 is 0 Å². The Morgan fingerprint density at radius 2 is 1.83 bits per heavy atom. The predicted octanol–water partition coefficient (Wildman–Crippen LogP) is 5.52. The molecule has 162 valence electrons. The number of carbonyl (C=O) groups excluding carboxylic acids is 1. The monoisotopic (exact) mass is 415 g/mol. The molecule has 30 heavy (non-hydrogen) atoms. The smallest absolute Gasteiger partial charge is 0.220 e. The Balaban J connectivity index is 1.43. The van der Waals surface area contributed by atoms with Crippen LogP contribution in [-0.4, -0.2) is 19.1 Å². The Morgan fingerprint density at radius 3 is 2.40 bits per heavy atom. The summed E-state index contributed by atoms with van der Waals surface area (Å²) in [6.07, 6.45) is 1.72. The number of hydrogen-bond acceptors (Lipinski definition) is 2. The van der Waals surface area contributed by atoms with Crippen LogP contribution < -0.4 is 10.1 Å². The molecule has 0 spiro atoms. The second kappa shape index (κ2) is 8.75. The van der Waals surface area contributed by atoms with E-state index in [4.69, 9.17) is 4.74 Å². The molecule has 0 aliphatic heterocycles. The molecule has 2 atom stereocenters. The zero-order chi connectivity index (χ0) is 21.9. The van der Waals surface area contributed by atoms with Crippen LogP contribution in [-0.2, 0) is 15.6 Å². The van der Waals surface area contributed by atoms with Gasteiger partial charge in [-0.2, -0.15) is 0 Å². The van der Waals surface area contributed by atoms with E-state index < -0.39 is 17.0 Å². The second-order valence-electron chi connectivity index (χ2n) is 9.39. The lowest BCUT2D eigenvalue weighted by atomic mass is 9.87. The van der Waals surface area contributed by atoms with Gasteiger partial charge in [0.25, 0.3) is 0 Å². The van der Waals surface area contributed by atoms with Crippen LogP contribution in [0.15, 0.2) is 42.5 Å². The molecule has 2 aromatic carbocycles. The Kier molecular flexibility index (Phi) is 6.49. The molecule has 1 fully saturated rings. The van der Waals surface area contributed by atoms with Crippen molar-refractivity contribution in [3.05, 3.63) is 65.2 Å². The Labute approximate surface area is 177 Å². The summed E-state index contributed by atoms with van der Waals surface area (Å²) in [5, 5.41) is 2.92. The molecule has 0 saturated heterocycles. The molecule has 2 unspecified atom stereocenters. The summed E-state index contributed by atoms with van der Waals surface area (Å²) in [6.45, 7) is 9.34. The molecule has 3 nitrogen and oxygen atoms in total. The maximum Gasteiger partial charge on any atom is 0.220 e. The van der Waals surface area contributed by atoms with Crippen LogP contribution in [0.1, 0.15) is 58.1 Å². The van der Waals surface area contributed by atoms with E-state index in [-0.39, 0.29) is 17.2 Å². The van der Waals surface area contributed by atoms with Crippen molar-refractivity contribution in [3.8, 4) is 5.75 Å². The normalized spacial score (nSPS) is 20.7. The van der Waals surface area contributed by atoms with Gasteiger partial charge >= 0.3 is 0 Å². The minimum Gasteiger partial charge on any atom is -0.494 e. The minimum absolute atomic E-state index is 0.0809. The van der Waals surface area contributed by atoms with Gasteiger partial charge in [-0.05, 0) is 53.5 Å². The molecule has 1 aliphatic carbocycles. The van der Waals surface area contributed by atoms with Gasteiger partial charge in [0, 0.05) is 24.4 Å². The number of halogens is 2. The molecule has 3 rings (SSSR count). The topological polar surface area (TPSA) is 38.3 Å². The molecule has 1 saturated carbocycles. The summed E-state index contributed by atoms with van der Waals surface area (Å²) in [5.41, 5.74) is 1.40. The fourth-order valence-electron chi connectivity index (χ4n) is 3.92. The van der Waals surface area contributed by atoms with Crippen LogP contribution in [0.2, 0.25) is 0 Å². The van der Waals surface area contributed by atoms with E-state index in [9.17, 15) is 13.6 Å². The molecule has 0 radical (unpaired) electrons. The highest BCUT2D eigenvalue weighted by atomic mass is 19.1. The number of nitrogens with one attached hydrogen (secondary N) is 1. The molecule has 1 amide bonds. The third kappa shape index (κ3) is 5.18. The van der Waals surface area contributed by atoms with Crippen LogP contribution in [0.4, 0.5) is 8.78 Å². The molecule has 0 bridgehead atoms. The second-order valence-corrected chi connectivity index (χ2v) is 9.39. The lowest BCUT2D eigenvalue weighted by Crippen LogP contribution is -2.33. The highest BCUT2D eigenvalue weighted by Crippen LogP contribution is 2.54. The summed E-state index contributed by atoms with van der Waals surface area (Å²) < 4.78 is 33.2. The van der Waals surface area contributed by atoms with Crippen molar-refractivity contribution in [3.63, 3.8) is 0 Å². The first-order valence-corrected chi connectivity index (χ1v) is 10.6. The number of benzene rings is 2. The maximum atomic E-state index is 14.2. The van der Waals surface area contributed by atoms with Gasteiger partial charge in [-0.1, -0.05) is 45.9 Å². The highest BCUT2D eigenvalue weighted by Gasteiger charge is 2.53. The zero-order valence-corrected chi connectivity index (χ0v) is 18.2. The van der Waals surface area contributed by atoms with E-state index in [1.165, 1.54) is 17.7 Å². The fourth-order valence-corrected chi connectivity index (χ4v) is 3.92. The summed E-state index contributed by atoms with van der Waals surface area (Å²) in [5.74, 6) is -0.169. The minimum atomic E-state index is -0.586. The lowest BCUT2D eigenvalue weighted by molar-refractivity contribution is -0.121. The van der Waals surface area contributed by atoms with E-state index in [0.29, 0.717) is 31.6 Å². The summed E-state index contributed by atoms with van der Waals surface area (Å²) in [6, 6.07) is 11.7. The predicted molar refractivity (Wildman–Crippen MR) is 115 cm³/mol. The number of hydrogen-bond donors (Lipinski definition) is 1. The number of amides is 1. The van der Waals surface area contributed by atoms with Gasteiger partial charge in [0.2, 0.25) is 5.91 Å².